The molecule has 0 saturated heterocycles. The van der Waals surface area contributed by atoms with Crippen molar-refractivity contribution in [1.82, 2.24) is 9.55 Å². The number of hydrogen-bond donors (Lipinski definition) is 1. The maximum absolute atomic E-state index is 6.49. The second kappa shape index (κ2) is 6.73. The first-order valence-electron chi connectivity index (χ1n) is 8.05. The Labute approximate surface area is 142 Å². The summed E-state index contributed by atoms with van der Waals surface area (Å²) in [5.41, 5.74) is 9.74. The predicted molar refractivity (Wildman–Crippen MR) is 96.7 cm³/mol. The second-order valence-electron chi connectivity index (χ2n) is 6.09. The molecule has 2 N–H and O–H groups in total. The molecule has 0 bridgehead atoms. The summed E-state index contributed by atoms with van der Waals surface area (Å²) in [4.78, 5) is 4.81. The van der Waals surface area contributed by atoms with E-state index in [0.717, 1.165) is 40.4 Å². The summed E-state index contributed by atoms with van der Waals surface area (Å²) in [5, 5.41) is 0.750. The highest BCUT2D eigenvalue weighted by Gasteiger charge is 2.21. The van der Waals surface area contributed by atoms with Crippen LogP contribution in [-0.4, -0.2) is 9.55 Å². The SMILES string of the molecule is CC[C@H](C)[C@H](N)c1nc2ccccc2n1Cc1cccc(Cl)c1. The van der Waals surface area contributed by atoms with E-state index in [1.165, 1.54) is 0 Å². The first-order valence-corrected chi connectivity index (χ1v) is 8.43. The molecular weight excluding hydrogens is 306 g/mol. The van der Waals surface area contributed by atoms with E-state index in [9.17, 15) is 0 Å². The smallest absolute Gasteiger partial charge is 0.127 e. The van der Waals surface area contributed by atoms with Gasteiger partial charge in [-0.05, 0) is 35.7 Å². The van der Waals surface area contributed by atoms with Gasteiger partial charge in [-0.15, -0.1) is 0 Å². The van der Waals surface area contributed by atoms with Crippen molar-refractivity contribution in [1.29, 1.82) is 0 Å². The fourth-order valence-corrected chi connectivity index (χ4v) is 3.05. The molecule has 1 aromatic heterocycles. The van der Waals surface area contributed by atoms with Gasteiger partial charge in [0, 0.05) is 11.6 Å². The van der Waals surface area contributed by atoms with E-state index in [4.69, 9.17) is 22.3 Å². The minimum atomic E-state index is -0.0772. The van der Waals surface area contributed by atoms with Gasteiger partial charge >= 0.3 is 0 Å². The molecule has 0 aliphatic rings. The van der Waals surface area contributed by atoms with Crippen LogP contribution < -0.4 is 5.73 Å². The number of nitrogens with zero attached hydrogens (tertiary/aromatic N) is 2. The summed E-state index contributed by atoms with van der Waals surface area (Å²) in [5.74, 6) is 1.32. The van der Waals surface area contributed by atoms with Crippen molar-refractivity contribution >= 4 is 22.6 Å². The van der Waals surface area contributed by atoms with Gasteiger partial charge in [0.1, 0.15) is 5.82 Å². The van der Waals surface area contributed by atoms with E-state index in [1.807, 2.05) is 36.4 Å². The molecule has 2 aromatic carbocycles. The number of halogens is 1. The molecule has 0 radical (unpaired) electrons. The summed E-state index contributed by atoms with van der Waals surface area (Å²) in [6.07, 6.45) is 1.03. The van der Waals surface area contributed by atoms with E-state index in [-0.39, 0.29) is 6.04 Å². The van der Waals surface area contributed by atoms with Gasteiger partial charge in [0.2, 0.25) is 0 Å². The van der Waals surface area contributed by atoms with E-state index in [2.05, 4.69) is 30.5 Å². The van der Waals surface area contributed by atoms with E-state index >= 15 is 0 Å². The molecule has 0 aliphatic heterocycles. The molecule has 0 amide bonds. The van der Waals surface area contributed by atoms with Crippen molar-refractivity contribution in [3.8, 4) is 0 Å². The Morgan fingerprint density at radius 3 is 2.70 bits per heavy atom. The fraction of sp³-hybridized carbons (Fsp3) is 0.316. The summed E-state index contributed by atoms with van der Waals surface area (Å²) >= 11 is 6.13. The monoisotopic (exact) mass is 327 g/mol. The Morgan fingerprint density at radius 2 is 1.96 bits per heavy atom. The molecule has 23 heavy (non-hydrogen) atoms. The number of aromatic nitrogens is 2. The molecule has 0 spiro atoms. The van der Waals surface area contributed by atoms with Crippen LogP contribution in [0.15, 0.2) is 48.5 Å². The highest BCUT2D eigenvalue weighted by molar-refractivity contribution is 6.30. The molecule has 0 unspecified atom stereocenters. The van der Waals surface area contributed by atoms with Gasteiger partial charge in [-0.3, -0.25) is 0 Å². The lowest BCUT2D eigenvalue weighted by Crippen LogP contribution is -2.23. The van der Waals surface area contributed by atoms with Crippen molar-refractivity contribution in [2.45, 2.75) is 32.9 Å². The predicted octanol–water partition coefficient (Wildman–Crippen LogP) is 4.78. The molecule has 3 rings (SSSR count). The summed E-state index contributed by atoms with van der Waals surface area (Å²) in [6.45, 7) is 5.06. The fourth-order valence-electron chi connectivity index (χ4n) is 2.84. The number of benzene rings is 2. The van der Waals surface area contributed by atoms with Crippen molar-refractivity contribution < 1.29 is 0 Å². The lowest BCUT2D eigenvalue weighted by molar-refractivity contribution is 0.428. The van der Waals surface area contributed by atoms with Gasteiger partial charge in [0.25, 0.3) is 0 Å². The zero-order valence-electron chi connectivity index (χ0n) is 13.5. The van der Waals surface area contributed by atoms with Crippen LogP contribution >= 0.6 is 11.6 Å². The highest BCUT2D eigenvalue weighted by Crippen LogP contribution is 2.26. The third-order valence-corrected chi connectivity index (χ3v) is 4.70. The first kappa shape index (κ1) is 16.0. The summed E-state index contributed by atoms with van der Waals surface area (Å²) in [7, 11) is 0. The third kappa shape index (κ3) is 3.26. The standard InChI is InChI=1S/C19H22ClN3/c1-3-13(2)18(21)19-22-16-9-4-5-10-17(16)23(19)12-14-7-6-8-15(20)11-14/h4-11,13,18H,3,12,21H2,1-2H3/t13-,18-/m0/s1. The Hall–Kier alpha value is -1.84. The molecule has 0 aliphatic carbocycles. The van der Waals surface area contributed by atoms with E-state index in [0.29, 0.717) is 5.92 Å². The molecule has 0 saturated carbocycles. The van der Waals surface area contributed by atoms with Crippen LogP contribution in [0.4, 0.5) is 0 Å². The van der Waals surface area contributed by atoms with Gasteiger partial charge in [0.15, 0.2) is 0 Å². The molecule has 3 aromatic rings. The topological polar surface area (TPSA) is 43.8 Å². The molecule has 4 heteroatoms. The quantitative estimate of drug-likeness (QED) is 0.732. The van der Waals surface area contributed by atoms with Crippen LogP contribution in [0.5, 0.6) is 0 Å². The Bertz CT molecular complexity index is 809. The number of hydrogen-bond acceptors (Lipinski definition) is 2. The van der Waals surface area contributed by atoms with Crippen molar-refractivity contribution in [2.24, 2.45) is 11.7 Å². The van der Waals surface area contributed by atoms with Crippen molar-refractivity contribution in [2.75, 3.05) is 0 Å². The number of rotatable bonds is 5. The molecule has 1 heterocycles. The third-order valence-electron chi connectivity index (χ3n) is 4.47. The minimum absolute atomic E-state index is 0.0772. The number of para-hydroxylation sites is 2. The lowest BCUT2D eigenvalue weighted by atomic mass is 9.99. The van der Waals surface area contributed by atoms with Crippen molar-refractivity contribution in [3.05, 3.63) is 64.9 Å². The van der Waals surface area contributed by atoms with E-state index < -0.39 is 0 Å². The normalized spacial score (nSPS) is 14.1. The Balaban J connectivity index is 2.09. The van der Waals surface area contributed by atoms with Crippen LogP contribution in [0.3, 0.4) is 0 Å². The van der Waals surface area contributed by atoms with Gasteiger partial charge in [-0.25, -0.2) is 4.98 Å². The Kier molecular flexibility index (Phi) is 4.69. The second-order valence-corrected chi connectivity index (χ2v) is 6.52. The summed E-state index contributed by atoms with van der Waals surface area (Å²) < 4.78 is 2.22. The van der Waals surface area contributed by atoms with Gasteiger partial charge in [0.05, 0.1) is 17.1 Å². The highest BCUT2D eigenvalue weighted by atomic mass is 35.5. The van der Waals surface area contributed by atoms with Crippen LogP contribution in [-0.2, 0) is 6.54 Å². The van der Waals surface area contributed by atoms with Gasteiger partial charge < -0.3 is 10.3 Å². The number of imidazole rings is 1. The van der Waals surface area contributed by atoms with Crippen LogP contribution in [0.25, 0.3) is 11.0 Å². The molecule has 3 nitrogen and oxygen atoms in total. The average Bonchev–Trinajstić information content (AvgIpc) is 2.92. The molecular formula is C19H22ClN3. The zero-order valence-corrected chi connectivity index (χ0v) is 14.3. The average molecular weight is 328 g/mol. The minimum Gasteiger partial charge on any atom is -0.322 e. The largest absolute Gasteiger partial charge is 0.322 e. The number of nitrogens with two attached hydrogens (primary N) is 1. The molecule has 2 atom stereocenters. The maximum atomic E-state index is 6.49. The Morgan fingerprint density at radius 1 is 1.17 bits per heavy atom. The zero-order chi connectivity index (χ0) is 16.4. The summed E-state index contributed by atoms with van der Waals surface area (Å²) in [6, 6.07) is 16.1. The van der Waals surface area contributed by atoms with Crippen LogP contribution in [0, 0.1) is 5.92 Å². The van der Waals surface area contributed by atoms with Crippen LogP contribution in [0.1, 0.15) is 37.7 Å². The van der Waals surface area contributed by atoms with E-state index in [1.54, 1.807) is 0 Å². The number of fused-ring (bicyclic) bond motifs is 1. The molecule has 0 fully saturated rings. The van der Waals surface area contributed by atoms with Gasteiger partial charge in [-0.1, -0.05) is 56.1 Å². The van der Waals surface area contributed by atoms with Crippen molar-refractivity contribution in [3.63, 3.8) is 0 Å². The maximum Gasteiger partial charge on any atom is 0.127 e. The lowest BCUT2D eigenvalue weighted by Gasteiger charge is -2.20. The molecule has 120 valence electrons. The van der Waals surface area contributed by atoms with Crippen LogP contribution in [0.2, 0.25) is 5.02 Å². The van der Waals surface area contributed by atoms with Gasteiger partial charge in [-0.2, -0.15) is 0 Å². The first-order chi connectivity index (χ1) is 11.1.